The molecule has 0 spiro atoms. The molecule has 19 heavy (non-hydrogen) atoms. The quantitative estimate of drug-likeness (QED) is 0.865. The molecule has 3 rings (SSSR count). The summed E-state index contributed by atoms with van der Waals surface area (Å²) >= 11 is 0. The van der Waals surface area contributed by atoms with Crippen molar-refractivity contribution >= 4 is 11.5 Å². The van der Waals surface area contributed by atoms with E-state index in [9.17, 15) is 5.11 Å². The van der Waals surface area contributed by atoms with Gasteiger partial charge in [-0.25, -0.2) is 4.99 Å². The minimum Gasteiger partial charge on any atom is -0.508 e. The largest absolute Gasteiger partial charge is 0.508 e. The first-order chi connectivity index (χ1) is 9.31. The Morgan fingerprint density at radius 3 is 2.53 bits per heavy atom. The third kappa shape index (κ3) is 2.74. The fourth-order valence-electron chi connectivity index (χ4n) is 2.00. The van der Waals surface area contributed by atoms with Gasteiger partial charge in [-0.15, -0.1) is 0 Å². The number of para-hydroxylation sites is 1. The van der Waals surface area contributed by atoms with E-state index < -0.39 is 0 Å². The van der Waals surface area contributed by atoms with E-state index >= 15 is 0 Å². The maximum Gasteiger partial charge on any atom is 0.129 e. The van der Waals surface area contributed by atoms with Crippen LogP contribution in [-0.2, 0) is 4.84 Å². The molecule has 1 aliphatic heterocycles. The van der Waals surface area contributed by atoms with Crippen molar-refractivity contribution in [2.45, 2.75) is 12.5 Å². The molecule has 2 N–H and O–H groups in total. The van der Waals surface area contributed by atoms with E-state index in [0.29, 0.717) is 6.42 Å². The van der Waals surface area contributed by atoms with Crippen molar-refractivity contribution in [1.82, 2.24) is 5.48 Å². The average molecular weight is 254 g/mol. The molecule has 4 heteroatoms. The van der Waals surface area contributed by atoms with Crippen LogP contribution in [0.25, 0.3) is 0 Å². The number of phenolic OH excluding ortho intramolecular Hbond substituents is 1. The molecule has 0 aromatic heterocycles. The lowest BCUT2D eigenvalue weighted by Gasteiger charge is -2.06. The summed E-state index contributed by atoms with van der Waals surface area (Å²) in [4.78, 5) is 9.98. The highest BCUT2D eigenvalue weighted by Gasteiger charge is 2.23. The number of rotatable bonds is 2. The van der Waals surface area contributed by atoms with Crippen LogP contribution in [0.3, 0.4) is 0 Å². The van der Waals surface area contributed by atoms with Crippen LogP contribution in [0.4, 0.5) is 5.69 Å². The van der Waals surface area contributed by atoms with Crippen LogP contribution in [-0.4, -0.2) is 10.9 Å². The van der Waals surface area contributed by atoms with Gasteiger partial charge in [-0.2, -0.15) is 0 Å². The summed E-state index contributed by atoms with van der Waals surface area (Å²) in [6.07, 6.45) is 0.628. The fraction of sp³-hybridized carbons (Fsp3) is 0.133. The average Bonchev–Trinajstić information content (AvgIpc) is 2.89. The smallest absolute Gasteiger partial charge is 0.129 e. The maximum absolute atomic E-state index is 9.27. The van der Waals surface area contributed by atoms with Crippen molar-refractivity contribution in [3.05, 3.63) is 60.2 Å². The molecule has 0 aliphatic carbocycles. The minimum atomic E-state index is -0.0666. The number of hydroxylamine groups is 1. The Kier molecular flexibility index (Phi) is 3.16. The van der Waals surface area contributed by atoms with Crippen molar-refractivity contribution in [1.29, 1.82) is 0 Å². The van der Waals surface area contributed by atoms with Gasteiger partial charge in [0, 0.05) is 6.42 Å². The van der Waals surface area contributed by atoms with E-state index in [1.165, 1.54) is 0 Å². The summed E-state index contributed by atoms with van der Waals surface area (Å²) in [6.45, 7) is 0. The Morgan fingerprint density at radius 1 is 1.05 bits per heavy atom. The van der Waals surface area contributed by atoms with Gasteiger partial charge in [0.05, 0.1) is 5.69 Å². The highest BCUT2D eigenvalue weighted by Crippen LogP contribution is 2.27. The molecule has 2 aromatic rings. The lowest BCUT2D eigenvalue weighted by molar-refractivity contribution is 0.0448. The Labute approximate surface area is 111 Å². The van der Waals surface area contributed by atoms with E-state index in [1.54, 1.807) is 12.1 Å². The van der Waals surface area contributed by atoms with Gasteiger partial charge in [0.15, 0.2) is 0 Å². The third-order valence-corrected chi connectivity index (χ3v) is 2.98. The Hall–Kier alpha value is -2.33. The van der Waals surface area contributed by atoms with Crippen LogP contribution in [0, 0.1) is 0 Å². The molecule has 0 amide bonds. The van der Waals surface area contributed by atoms with Crippen molar-refractivity contribution in [3.63, 3.8) is 0 Å². The zero-order chi connectivity index (χ0) is 13.1. The topological polar surface area (TPSA) is 53.9 Å². The Morgan fingerprint density at radius 2 is 1.79 bits per heavy atom. The number of aliphatic imine (C=N–C) groups is 1. The molecule has 4 nitrogen and oxygen atoms in total. The molecular formula is C15H14N2O2. The monoisotopic (exact) mass is 254 g/mol. The normalized spacial score (nSPS) is 20.4. The van der Waals surface area contributed by atoms with Gasteiger partial charge >= 0.3 is 0 Å². The first-order valence-electron chi connectivity index (χ1n) is 6.14. The van der Waals surface area contributed by atoms with Crippen LogP contribution in [0.15, 0.2) is 59.6 Å². The van der Waals surface area contributed by atoms with Gasteiger partial charge < -0.3 is 5.11 Å². The molecule has 1 heterocycles. The van der Waals surface area contributed by atoms with Gasteiger partial charge in [-0.3, -0.25) is 10.3 Å². The first kappa shape index (κ1) is 11.7. The molecule has 96 valence electrons. The Balaban J connectivity index is 1.74. The number of aromatic hydroxyl groups is 1. The number of nitrogens with one attached hydrogen (secondary N) is 1. The number of phenols is 1. The van der Waals surface area contributed by atoms with Gasteiger partial charge in [0.2, 0.25) is 0 Å². The van der Waals surface area contributed by atoms with Gasteiger partial charge in [0.1, 0.15) is 17.7 Å². The SMILES string of the molecule is Oc1ccc(C2CC(=Nc3ccccc3)NO2)cc1. The van der Waals surface area contributed by atoms with Crippen molar-refractivity contribution in [2.75, 3.05) is 0 Å². The predicted octanol–water partition coefficient (Wildman–Crippen LogP) is 3.09. The molecular weight excluding hydrogens is 240 g/mol. The second-order valence-electron chi connectivity index (χ2n) is 4.40. The molecule has 2 aromatic carbocycles. The number of hydrogen-bond donors (Lipinski definition) is 2. The predicted molar refractivity (Wildman–Crippen MR) is 73.2 cm³/mol. The molecule has 0 bridgehead atoms. The van der Waals surface area contributed by atoms with E-state index in [2.05, 4.69) is 10.5 Å². The van der Waals surface area contributed by atoms with Crippen LogP contribution < -0.4 is 5.48 Å². The zero-order valence-electron chi connectivity index (χ0n) is 10.3. The van der Waals surface area contributed by atoms with Crippen LogP contribution in [0.1, 0.15) is 18.1 Å². The molecule has 1 atom stereocenters. The van der Waals surface area contributed by atoms with E-state index in [1.807, 2.05) is 42.5 Å². The second-order valence-corrected chi connectivity index (χ2v) is 4.40. The van der Waals surface area contributed by atoms with Crippen LogP contribution in [0.5, 0.6) is 5.75 Å². The van der Waals surface area contributed by atoms with Crippen LogP contribution >= 0.6 is 0 Å². The van der Waals surface area contributed by atoms with Crippen molar-refractivity contribution < 1.29 is 9.94 Å². The molecule has 1 aliphatic rings. The molecule has 0 radical (unpaired) electrons. The molecule has 0 saturated carbocycles. The van der Waals surface area contributed by atoms with Crippen LogP contribution in [0.2, 0.25) is 0 Å². The third-order valence-electron chi connectivity index (χ3n) is 2.98. The molecule has 1 unspecified atom stereocenters. The second kappa shape index (κ2) is 5.12. The summed E-state index contributed by atoms with van der Waals surface area (Å²) in [5.41, 5.74) is 4.78. The molecule has 1 saturated heterocycles. The summed E-state index contributed by atoms with van der Waals surface area (Å²) in [6, 6.07) is 16.8. The lowest BCUT2D eigenvalue weighted by Crippen LogP contribution is -2.11. The van der Waals surface area contributed by atoms with E-state index in [-0.39, 0.29) is 11.9 Å². The zero-order valence-corrected chi connectivity index (χ0v) is 10.3. The fourth-order valence-corrected chi connectivity index (χ4v) is 2.00. The highest BCUT2D eigenvalue weighted by atomic mass is 16.7. The van der Waals surface area contributed by atoms with E-state index in [0.717, 1.165) is 17.1 Å². The number of benzene rings is 2. The summed E-state index contributed by atoms with van der Waals surface area (Å²) in [5, 5.41) is 9.27. The number of hydrogen-bond acceptors (Lipinski definition) is 3. The van der Waals surface area contributed by atoms with Crippen molar-refractivity contribution in [2.24, 2.45) is 4.99 Å². The summed E-state index contributed by atoms with van der Waals surface area (Å²) in [5.74, 6) is 1.07. The first-order valence-corrected chi connectivity index (χ1v) is 6.14. The summed E-state index contributed by atoms with van der Waals surface area (Å²) in [7, 11) is 0. The Bertz CT molecular complexity index is 579. The van der Waals surface area contributed by atoms with Crippen molar-refractivity contribution in [3.8, 4) is 5.75 Å². The standard InChI is InChI=1S/C15H14N2O2/c18-13-8-6-11(7-9-13)14-10-15(17-19-14)16-12-4-2-1-3-5-12/h1-9,14,18H,10H2,(H,16,17). The highest BCUT2D eigenvalue weighted by molar-refractivity contribution is 5.85. The van der Waals surface area contributed by atoms with Gasteiger partial charge in [-0.05, 0) is 29.8 Å². The maximum atomic E-state index is 9.27. The molecule has 1 fully saturated rings. The number of nitrogens with zero attached hydrogens (tertiary/aromatic N) is 1. The van der Waals surface area contributed by atoms with E-state index in [4.69, 9.17) is 4.84 Å². The lowest BCUT2D eigenvalue weighted by atomic mass is 10.1. The van der Waals surface area contributed by atoms with Gasteiger partial charge in [-0.1, -0.05) is 30.3 Å². The number of amidine groups is 1. The summed E-state index contributed by atoms with van der Waals surface area (Å²) < 4.78 is 0. The minimum absolute atomic E-state index is 0.0666. The van der Waals surface area contributed by atoms with Gasteiger partial charge in [0.25, 0.3) is 0 Å².